The fraction of sp³-hybridized carbons (Fsp3) is 0.733. The van der Waals surface area contributed by atoms with E-state index in [9.17, 15) is 4.79 Å². The SMILES string of the molecule is CC(C)n1cncc1CNCC1CCC(C(=O)O)CC1. The van der Waals surface area contributed by atoms with Gasteiger partial charge >= 0.3 is 5.97 Å². The van der Waals surface area contributed by atoms with Crippen molar-refractivity contribution < 1.29 is 9.90 Å². The number of hydrogen-bond donors (Lipinski definition) is 2. The van der Waals surface area contributed by atoms with Gasteiger partial charge in [-0.3, -0.25) is 4.79 Å². The average molecular weight is 279 g/mol. The van der Waals surface area contributed by atoms with Crippen molar-refractivity contribution in [3.05, 3.63) is 18.2 Å². The van der Waals surface area contributed by atoms with Gasteiger partial charge in [-0.1, -0.05) is 0 Å². The third-order valence-electron chi connectivity index (χ3n) is 4.24. The molecule has 0 radical (unpaired) electrons. The fourth-order valence-electron chi connectivity index (χ4n) is 2.95. The predicted octanol–water partition coefficient (Wildman–Crippen LogP) is 2.44. The molecular formula is C15H25N3O2. The van der Waals surface area contributed by atoms with Crippen LogP contribution in [0.15, 0.2) is 12.5 Å². The number of carboxylic acid groups (broad SMARTS) is 1. The molecule has 1 aliphatic carbocycles. The molecule has 0 aliphatic heterocycles. The van der Waals surface area contributed by atoms with Gasteiger partial charge in [-0.25, -0.2) is 4.98 Å². The first-order valence-electron chi connectivity index (χ1n) is 7.52. The summed E-state index contributed by atoms with van der Waals surface area (Å²) in [6.07, 6.45) is 7.48. The number of nitrogens with one attached hydrogen (secondary N) is 1. The quantitative estimate of drug-likeness (QED) is 0.839. The summed E-state index contributed by atoms with van der Waals surface area (Å²) in [6, 6.07) is 0.431. The molecule has 1 fully saturated rings. The van der Waals surface area contributed by atoms with Crippen LogP contribution in [0.2, 0.25) is 0 Å². The molecule has 5 heteroatoms. The highest BCUT2D eigenvalue weighted by molar-refractivity contribution is 5.69. The third-order valence-corrected chi connectivity index (χ3v) is 4.24. The van der Waals surface area contributed by atoms with Crippen LogP contribution in [0.5, 0.6) is 0 Å². The third kappa shape index (κ3) is 3.82. The number of carboxylic acids is 1. The summed E-state index contributed by atoms with van der Waals surface area (Å²) in [5.74, 6) is -0.133. The zero-order valence-corrected chi connectivity index (χ0v) is 12.4. The molecule has 112 valence electrons. The van der Waals surface area contributed by atoms with Crippen molar-refractivity contribution in [2.24, 2.45) is 11.8 Å². The van der Waals surface area contributed by atoms with Crippen LogP contribution in [0.25, 0.3) is 0 Å². The molecule has 1 heterocycles. The van der Waals surface area contributed by atoms with E-state index in [-0.39, 0.29) is 5.92 Å². The van der Waals surface area contributed by atoms with Gasteiger partial charge < -0.3 is 15.0 Å². The molecule has 0 bridgehead atoms. The topological polar surface area (TPSA) is 67.2 Å². The van der Waals surface area contributed by atoms with Crippen molar-refractivity contribution in [2.45, 2.75) is 52.1 Å². The van der Waals surface area contributed by atoms with E-state index in [1.807, 2.05) is 12.5 Å². The number of carbonyl (C=O) groups is 1. The van der Waals surface area contributed by atoms with Crippen molar-refractivity contribution >= 4 is 5.97 Å². The normalized spacial score (nSPS) is 23.1. The summed E-state index contributed by atoms with van der Waals surface area (Å²) in [5, 5.41) is 12.5. The van der Waals surface area contributed by atoms with E-state index in [2.05, 4.69) is 28.7 Å². The second kappa shape index (κ2) is 6.88. The maximum Gasteiger partial charge on any atom is 0.306 e. The van der Waals surface area contributed by atoms with E-state index < -0.39 is 5.97 Å². The monoisotopic (exact) mass is 279 g/mol. The van der Waals surface area contributed by atoms with Crippen LogP contribution in [0.3, 0.4) is 0 Å². The Morgan fingerprint density at radius 3 is 2.75 bits per heavy atom. The molecule has 0 amide bonds. The zero-order chi connectivity index (χ0) is 14.5. The Balaban J connectivity index is 1.72. The molecular weight excluding hydrogens is 254 g/mol. The number of nitrogens with zero attached hydrogens (tertiary/aromatic N) is 2. The number of hydrogen-bond acceptors (Lipinski definition) is 3. The van der Waals surface area contributed by atoms with Gasteiger partial charge in [0.25, 0.3) is 0 Å². The molecule has 0 unspecified atom stereocenters. The van der Waals surface area contributed by atoms with Gasteiger partial charge in [0.2, 0.25) is 0 Å². The van der Waals surface area contributed by atoms with Crippen LogP contribution < -0.4 is 5.32 Å². The molecule has 0 spiro atoms. The first kappa shape index (κ1) is 15.0. The zero-order valence-electron chi connectivity index (χ0n) is 12.4. The largest absolute Gasteiger partial charge is 0.481 e. The minimum Gasteiger partial charge on any atom is -0.481 e. The summed E-state index contributed by atoms with van der Waals surface area (Å²) in [6.45, 7) is 6.10. The Labute approximate surface area is 120 Å². The van der Waals surface area contributed by atoms with Gasteiger partial charge in [0, 0.05) is 18.8 Å². The van der Waals surface area contributed by atoms with Crippen LogP contribution in [-0.2, 0) is 11.3 Å². The lowest BCUT2D eigenvalue weighted by molar-refractivity contribution is -0.143. The summed E-state index contributed by atoms with van der Waals surface area (Å²) in [4.78, 5) is 15.1. The van der Waals surface area contributed by atoms with Crippen LogP contribution in [-0.4, -0.2) is 27.2 Å². The van der Waals surface area contributed by atoms with Crippen LogP contribution in [0.1, 0.15) is 51.3 Å². The Bertz CT molecular complexity index is 434. The average Bonchev–Trinajstić information content (AvgIpc) is 2.88. The number of aliphatic carboxylic acids is 1. The molecule has 1 aromatic rings. The lowest BCUT2D eigenvalue weighted by Gasteiger charge is -2.26. The molecule has 1 aliphatic rings. The standard InChI is InChI=1S/C15H25N3O2/c1-11(2)18-10-17-9-14(18)8-16-7-12-3-5-13(6-4-12)15(19)20/h9-13,16H,3-8H2,1-2H3,(H,19,20). The highest BCUT2D eigenvalue weighted by Gasteiger charge is 2.25. The van der Waals surface area contributed by atoms with Crippen molar-refractivity contribution in [3.63, 3.8) is 0 Å². The van der Waals surface area contributed by atoms with Crippen LogP contribution in [0.4, 0.5) is 0 Å². The Morgan fingerprint density at radius 2 is 2.15 bits per heavy atom. The second-order valence-electron chi connectivity index (χ2n) is 6.07. The van der Waals surface area contributed by atoms with E-state index >= 15 is 0 Å². The molecule has 0 atom stereocenters. The maximum absolute atomic E-state index is 10.9. The molecule has 1 saturated carbocycles. The molecule has 2 N–H and O–H groups in total. The lowest BCUT2D eigenvalue weighted by Crippen LogP contribution is -2.29. The number of imidazole rings is 1. The number of aromatic nitrogens is 2. The first-order valence-corrected chi connectivity index (χ1v) is 7.52. The Kier molecular flexibility index (Phi) is 5.17. The second-order valence-corrected chi connectivity index (χ2v) is 6.07. The van der Waals surface area contributed by atoms with E-state index in [1.165, 1.54) is 5.69 Å². The summed E-state index contributed by atoms with van der Waals surface area (Å²) < 4.78 is 2.17. The van der Waals surface area contributed by atoms with Gasteiger partial charge in [-0.2, -0.15) is 0 Å². The first-order chi connectivity index (χ1) is 9.58. The van der Waals surface area contributed by atoms with Gasteiger partial charge in [0.15, 0.2) is 0 Å². The molecule has 2 rings (SSSR count). The molecule has 20 heavy (non-hydrogen) atoms. The van der Waals surface area contributed by atoms with Crippen molar-refractivity contribution in [2.75, 3.05) is 6.54 Å². The molecule has 0 saturated heterocycles. The highest BCUT2D eigenvalue weighted by atomic mass is 16.4. The molecule has 5 nitrogen and oxygen atoms in total. The summed E-state index contributed by atoms with van der Waals surface area (Å²) in [5.41, 5.74) is 1.21. The van der Waals surface area contributed by atoms with E-state index in [1.54, 1.807) is 0 Å². The highest BCUT2D eigenvalue weighted by Crippen LogP contribution is 2.28. The molecule has 0 aromatic carbocycles. The summed E-state index contributed by atoms with van der Waals surface area (Å²) >= 11 is 0. The predicted molar refractivity (Wildman–Crippen MR) is 77.4 cm³/mol. The minimum absolute atomic E-state index is 0.117. The van der Waals surface area contributed by atoms with E-state index in [4.69, 9.17) is 5.11 Å². The van der Waals surface area contributed by atoms with E-state index in [0.29, 0.717) is 12.0 Å². The van der Waals surface area contributed by atoms with Gasteiger partial charge in [-0.15, -0.1) is 0 Å². The Hall–Kier alpha value is -1.36. The van der Waals surface area contributed by atoms with Crippen molar-refractivity contribution in [1.82, 2.24) is 14.9 Å². The van der Waals surface area contributed by atoms with Gasteiger partial charge in [0.05, 0.1) is 17.9 Å². The van der Waals surface area contributed by atoms with E-state index in [0.717, 1.165) is 38.8 Å². The van der Waals surface area contributed by atoms with Crippen LogP contribution >= 0.6 is 0 Å². The Morgan fingerprint density at radius 1 is 1.45 bits per heavy atom. The lowest BCUT2D eigenvalue weighted by atomic mass is 9.82. The number of rotatable bonds is 6. The summed E-state index contributed by atoms with van der Waals surface area (Å²) in [7, 11) is 0. The fourth-order valence-corrected chi connectivity index (χ4v) is 2.95. The maximum atomic E-state index is 10.9. The van der Waals surface area contributed by atoms with Gasteiger partial charge in [-0.05, 0) is 52.0 Å². The van der Waals surface area contributed by atoms with Crippen molar-refractivity contribution in [3.8, 4) is 0 Å². The smallest absolute Gasteiger partial charge is 0.306 e. The van der Waals surface area contributed by atoms with Gasteiger partial charge in [0.1, 0.15) is 0 Å². The minimum atomic E-state index is -0.628. The molecule has 1 aromatic heterocycles. The van der Waals surface area contributed by atoms with Crippen molar-refractivity contribution in [1.29, 1.82) is 0 Å². The van der Waals surface area contributed by atoms with Crippen LogP contribution in [0, 0.1) is 11.8 Å².